The Morgan fingerprint density at radius 1 is 0.892 bits per heavy atom. The van der Waals surface area contributed by atoms with E-state index in [0.29, 0.717) is 27.9 Å². The number of rotatable bonds is 6. The molecule has 0 fully saturated rings. The van der Waals surface area contributed by atoms with Gasteiger partial charge in [-0.3, -0.25) is 14.6 Å². The highest BCUT2D eigenvalue weighted by molar-refractivity contribution is 7.14. The Morgan fingerprint density at radius 3 is 2.24 bits per heavy atom. The summed E-state index contributed by atoms with van der Waals surface area (Å²) >= 11 is 1.06. The van der Waals surface area contributed by atoms with E-state index in [4.69, 9.17) is 4.74 Å². The van der Waals surface area contributed by atoms with E-state index in [1.807, 2.05) is 47.8 Å². The lowest BCUT2D eigenvalue weighted by Crippen LogP contribution is -3.61. The van der Waals surface area contributed by atoms with Crippen LogP contribution >= 0.6 is 11.3 Å². The molecule has 4 aromatic rings. The Morgan fingerprint density at radius 2 is 1.57 bits per heavy atom. The van der Waals surface area contributed by atoms with Gasteiger partial charge in [-0.2, -0.15) is 0 Å². The number of thiazole rings is 1. The van der Waals surface area contributed by atoms with Gasteiger partial charge in [-0.15, -0.1) is 11.3 Å². The molecule has 2 amide bonds. The molecule has 4 rings (SSSR count). The lowest BCUT2D eigenvalue weighted by atomic mass is 10.2. The molecule has 0 unspecified atom stereocenters. The largest absolute Gasteiger partial charge is 0.443 e. The van der Waals surface area contributed by atoms with Gasteiger partial charge in [-0.25, -0.2) is 19.7 Å². The van der Waals surface area contributed by atoms with Crippen molar-refractivity contribution in [3.05, 3.63) is 85.1 Å². The Labute approximate surface area is 230 Å². The molecule has 2 aromatic heterocycles. The fourth-order valence-electron chi connectivity index (χ4n) is 3.17. The van der Waals surface area contributed by atoms with Gasteiger partial charge < -0.3 is 4.74 Å². The van der Waals surface area contributed by atoms with Gasteiger partial charge in [0.1, 0.15) is 23.4 Å². The van der Waals surface area contributed by atoms with Gasteiger partial charge in [-0.05, 0) is 57.2 Å². The fourth-order valence-corrected chi connectivity index (χ4v) is 6.17. The van der Waals surface area contributed by atoms with Crippen LogP contribution in [0.3, 0.4) is 0 Å². The maximum absolute atomic E-state index is 13.1. The number of ether oxygens (including phenoxy) is 1. The summed E-state index contributed by atoms with van der Waals surface area (Å²) in [6.07, 6.45) is 0.859. The van der Waals surface area contributed by atoms with E-state index in [1.54, 1.807) is 40.9 Å². The maximum atomic E-state index is 13.1. The lowest BCUT2D eigenvalue weighted by Gasteiger charge is -2.24. The normalized spacial score (nSPS) is 11.2. The minimum Gasteiger partial charge on any atom is -0.443 e. The molecule has 2 aromatic carbocycles. The molecule has 0 N–H and O–H groups in total. The van der Waals surface area contributed by atoms with E-state index >= 15 is 0 Å². The predicted octanol–water partition coefficient (Wildman–Crippen LogP) is 2.38. The zero-order valence-electron chi connectivity index (χ0n) is 21.2. The SMILES string of the molecule is CN(C(=O)OC(C)(C)C)c1cc(-c2csc(N(C)C(=O)c3ccc([I+]c4ccccc4)cc3)n2)ncn1. The summed E-state index contributed by atoms with van der Waals surface area (Å²) in [5, 5.41) is 2.37. The van der Waals surface area contributed by atoms with Gasteiger partial charge in [0.2, 0.25) is 0 Å². The van der Waals surface area contributed by atoms with Crippen molar-refractivity contribution >= 4 is 34.3 Å². The lowest BCUT2D eigenvalue weighted by molar-refractivity contribution is -0.597. The number of benzene rings is 2. The number of halogens is 1. The number of hydrogen-bond acceptors (Lipinski definition) is 7. The summed E-state index contributed by atoms with van der Waals surface area (Å²) in [6, 6.07) is 19.8. The summed E-state index contributed by atoms with van der Waals surface area (Å²) in [4.78, 5) is 41.5. The molecule has 0 atom stereocenters. The van der Waals surface area contributed by atoms with Crippen LogP contribution < -0.4 is 31.0 Å². The first-order valence-electron chi connectivity index (χ1n) is 11.4. The number of hydrogen-bond donors (Lipinski definition) is 0. The second-order valence-corrected chi connectivity index (χ2v) is 12.9. The Balaban J connectivity index is 1.45. The van der Waals surface area contributed by atoms with Crippen LogP contribution in [0.25, 0.3) is 11.4 Å². The quantitative estimate of drug-likeness (QED) is 0.305. The molecule has 0 aliphatic rings. The van der Waals surface area contributed by atoms with Crippen LogP contribution in [-0.2, 0) is 4.74 Å². The van der Waals surface area contributed by atoms with E-state index in [-0.39, 0.29) is 27.1 Å². The maximum Gasteiger partial charge on any atom is 0.415 e. The second kappa shape index (κ2) is 11.3. The summed E-state index contributed by atoms with van der Waals surface area (Å²) in [5.74, 6) is 0.245. The summed E-state index contributed by atoms with van der Waals surface area (Å²) in [6.45, 7) is 5.41. The first kappa shape index (κ1) is 26.7. The molecular weight excluding hydrogens is 601 g/mol. The summed E-state index contributed by atoms with van der Waals surface area (Å²) < 4.78 is 7.99. The van der Waals surface area contributed by atoms with Gasteiger partial charge in [0, 0.05) is 31.1 Å². The molecule has 0 radical (unpaired) electrons. The number of anilines is 2. The monoisotopic (exact) mass is 628 g/mol. The van der Waals surface area contributed by atoms with Gasteiger partial charge in [0.15, 0.2) is 12.3 Å². The van der Waals surface area contributed by atoms with Crippen molar-refractivity contribution in [2.24, 2.45) is 0 Å². The third-order valence-corrected chi connectivity index (χ3v) is 8.65. The number of nitrogens with zero attached hydrogens (tertiary/aromatic N) is 5. The zero-order valence-corrected chi connectivity index (χ0v) is 24.1. The first-order chi connectivity index (χ1) is 17.6. The van der Waals surface area contributed by atoms with Crippen molar-refractivity contribution in [2.75, 3.05) is 23.9 Å². The molecule has 0 aliphatic heterocycles. The van der Waals surface area contributed by atoms with Crippen LogP contribution in [0.5, 0.6) is 0 Å². The van der Waals surface area contributed by atoms with E-state index in [0.717, 1.165) is 0 Å². The van der Waals surface area contributed by atoms with Gasteiger partial charge in [0.25, 0.3) is 5.91 Å². The molecule has 0 bridgehead atoms. The minimum atomic E-state index is -0.619. The van der Waals surface area contributed by atoms with Crippen molar-refractivity contribution in [2.45, 2.75) is 26.4 Å². The van der Waals surface area contributed by atoms with Crippen LogP contribution in [-0.4, -0.2) is 46.6 Å². The highest BCUT2D eigenvalue weighted by Gasteiger charge is 2.23. The van der Waals surface area contributed by atoms with Crippen molar-refractivity contribution in [1.82, 2.24) is 15.0 Å². The van der Waals surface area contributed by atoms with Crippen molar-refractivity contribution in [1.29, 1.82) is 0 Å². The van der Waals surface area contributed by atoms with Crippen molar-refractivity contribution in [3.63, 3.8) is 0 Å². The van der Waals surface area contributed by atoms with Crippen molar-refractivity contribution < 1.29 is 35.5 Å². The fraction of sp³-hybridized carbons (Fsp3) is 0.222. The van der Waals surface area contributed by atoms with Crippen LogP contribution in [0.4, 0.5) is 15.7 Å². The molecule has 0 aliphatic carbocycles. The Kier molecular flexibility index (Phi) is 8.18. The minimum absolute atomic E-state index is 0.140. The number of amides is 2. The van der Waals surface area contributed by atoms with Crippen LogP contribution in [0, 0.1) is 7.14 Å². The highest BCUT2D eigenvalue weighted by Crippen LogP contribution is 2.28. The van der Waals surface area contributed by atoms with Gasteiger partial charge >= 0.3 is 27.3 Å². The zero-order chi connectivity index (χ0) is 26.6. The second-order valence-electron chi connectivity index (χ2n) is 9.08. The molecule has 2 heterocycles. The topological polar surface area (TPSA) is 88.5 Å². The Hall–Kier alpha value is -3.38. The smallest absolute Gasteiger partial charge is 0.415 e. The van der Waals surface area contributed by atoms with Gasteiger partial charge in [-0.1, -0.05) is 18.2 Å². The molecule has 10 heteroatoms. The van der Waals surface area contributed by atoms with Crippen LogP contribution in [0.2, 0.25) is 0 Å². The molecule has 0 saturated heterocycles. The molecule has 0 saturated carbocycles. The molecule has 8 nitrogen and oxygen atoms in total. The standard InChI is InChI=1S/C27H27IN5O3S/c1-27(2,3)36-26(35)32(4)23-15-21(29-17-30-23)22-16-37-25(31-22)33(5)24(34)18-11-13-20(14-12-18)28-19-9-7-6-8-10-19/h6-17H,1-5H3/q+1. The number of carbonyl (C=O) groups is 2. The van der Waals surface area contributed by atoms with E-state index in [2.05, 4.69) is 27.1 Å². The summed E-state index contributed by atoms with van der Waals surface area (Å²) in [5.41, 5.74) is 1.11. The molecule has 37 heavy (non-hydrogen) atoms. The molecule has 0 spiro atoms. The number of aromatic nitrogens is 3. The third kappa shape index (κ3) is 6.89. The molecular formula is C27H27IN5O3S+. The summed E-state index contributed by atoms with van der Waals surface area (Å²) in [7, 11) is 3.30. The average molecular weight is 629 g/mol. The third-order valence-electron chi connectivity index (χ3n) is 5.05. The van der Waals surface area contributed by atoms with Crippen molar-refractivity contribution in [3.8, 4) is 11.4 Å². The van der Waals surface area contributed by atoms with Crippen LogP contribution in [0.1, 0.15) is 31.1 Å². The predicted molar refractivity (Wildman–Crippen MR) is 141 cm³/mol. The average Bonchev–Trinajstić information content (AvgIpc) is 3.38. The highest BCUT2D eigenvalue weighted by atomic mass is 127. The van der Waals surface area contributed by atoms with E-state index in [1.165, 1.54) is 34.6 Å². The van der Waals surface area contributed by atoms with E-state index < -0.39 is 11.7 Å². The Bertz CT molecular complexity index is 1390. The van der Waals surface area contributed by atoms with Gasteiger partial charge in [0.05, 0.1) is 5.69 Å². The first-order valence-corrected chi connectivity index (χ1v) is 14.5. The van der Waals surface area contributed by atoms with Crippen LogP contribution in [0.15, 0.2) is 72.4 Å². The number of carbonyl (C=O) groups excluding carboxylic acids is 2. The molecule has 190 valence electrons. The van der Waals surface area contributed by atoms with E-state index in [9.17, 15) is 9.59 Å².